The molecule has 1 aliphatic rings. The first-order valence-corrected chi connectivity index (χ1v) is 7.52. The Morgan fingerprint density at radius 1 is 1.25 bits per heavy atom. The van der Waals surface area contributed by atoms with E-state index in [1.807, 2.05) is 0 Å². The summed E-state index contributed by atoms with van der Waals surface area (Å²) >= 11 is 0. The monoisotopic (exact) mass is 294 g/mol. The smallest absolute Gasteiger partial charge is 0.227 e. The molecule has 106 valence electrons. The maximum Gasteiger partial charge on any atom is 0.227 e. The average Bonchev–Trinajstić information content (AvgIpc) is 2.38. The van der Waals surface area contributed by atoms with E-state index in [9.17, 15) is 18.4 Å². The van der Waals surface area contributed by atoms with Crippen molar-refractivity contribution < 1.29 is 18.4 Å². The topological polar surface area (TPSA) is 98.3 Å². The molecule has 0 spiro atoms. The normalized spacial score (nSPS) is 19.1. The van der Waals surface area contributed by atoms with Crippen LogP contribution in [-0.2, 0) is 24.2 Å². The minimum Gasteiger partial charge on any atom is -0.589 e. The second-order valence-electron chi connectivity index (χ2n) is 4.51. The zero-order chi connectivity index (χ0) is 14.8. The molecule has 6 nitrogen and oxygen atoms in total. The molecule has 1 atom stereocenters. The number of hydrogen-bond acceptors (Lipinski definition) is 4. The Morgan fingerprint density at radius 3 is 2.30 bits per heavy atom. The van der Waals surface area contributed by atoms with E-state index in [0.717, 1.165) is 11.0 Å². The van der Waals surface area contributed by atoms with Crippen LogP contribution in [0.3, 0.4) is 0 Å². The molecule has 0 saturated carbocycles. The van der Waals surface area contributed by atoms with Crippen molar-refractivity contribution in [3.05, 3.63) is 41.8 Å². The van der Waals surface area contributed by atoms with Crippen molar-refractivity contribution in [3.63, 3.8) is 0 Å². The van der Waals surface area contributed by atoms with Crippen molar-refractivity contribution >= 4 is 27.9 Å². The number of sulfonamides is 1. The van der Waals surface area contributed by atoms with Gasteiger partial charge in [0, 0.05) is 18.8 Å². The molecular formula is C13H14N2O4S. The number of amides is 2. The van der Waals surface area contributed by atoms with Gasteiger partial charge in [0.15, 0.2) is 10.4 Å². The van der Waals surface area contributed by atoms with E-state index in [2.05, 4.69) is 16.6 Å². The summed E-state index contributed by atoms with van der Waals surface area (Å²) in [6.45, 7) is 3.20. The summed E-state index contributed by atoms with van der Waals surface area (Å²) in [6.07, 6.45) is 0.507. The van der Waals surface area contributed by atoms with Crippen molar-refractivity contribution in [3.8, 4) is 0 Å². The number of anilines is 1. The zero-order valence-electron chi connectivity index (χ0n) is 10.6. The molecule has 1 saturated heterocycles. The Labute approximate surface area is 117 Å². The molecule has 1 heterocycles. The van der Waals surface area contributed by atoms with Gasteiger partial charge >= 0.3 is 0 Å². The molecule has 1 aliphatic heterocycles. The van der Waals surface area contributed by atoms with Crippen LogP contribution in [0.2, 0.25) is 0 Å². The summed E-state index contributed by atoms with van der Waals surface area (Å²) in [4.78, 5) is 22.6. The lowest BCUT2D eigenvalue weighted by atomic mass is 9.89. The minimum atomic E-state index is -3.53. The second-order valence-corrected chi connectivity index (χ2v) is 6.14. The predicted molar refractivity (Wildman–Crippen MR) is 74.2 cm³/mol. The number of carbonyl (C=O) groups excluding carboxylic acids is 2. The lowest BCUT2D eigenvalue weighted by Crippen LogP contribution is -2.37. The first kappa shape index (κ1) is 14.4. The summed E-state index contributed by atoms with van der Waals surface area (Å²) in [5, 5.41) is 3.07. The Hall–Kier alpha value is -1.99. The van der Waals surface area contributed by atoms with Crippen molar-refractivity contribution in [2.24, 2.45) is 0 Å². The van der Waals surface area contributed by atoms with Crippen molar-refractivity contribution in [2.45, 2.75) is 18.8 Å². The molecule has 0 bridgehead atoms. The Kier molecular flexibility index (Phi) is 4.01. The average molecular weight is 294 g/mol. The van der Waals surface area contributed by atoms with Crippen LogP contribution in [0, 0.1) is 0 Å². The van der Waals surface area contributed by atoms with Gasteiger partial charge in [-0.15, -0.1) is 0 Å². The molecule has 1 fully saturated rings. The fraction of sp³-hybridized carbons (Fsp3) is 0.231. The van der Waals surface area contributed by atoms with E-state index < -0.39 is 10.4 Å². The van der Waals surface area contributed by atoms with Crippen LogP contribution in [0.15, 0.2) is 36.3 Å². The highest BCUT2D eigenvalue weighted by Gasteiger charge is 2.26. The summed E-state index contributed by atoms with van der Waals surface area (Å²) in [6, 6.07) is 6.59. The van der Waals surface area contributed by atoms with Gasteiger partial charge in [-0.05, 0) is 24.3 Å². The number of nitrogens with one attached hydrogen (secondary N) is 2. The minimum absolute atomic E-state index is 0.165. The van der Waals surface area contributed by atoms with E-state index >= 15 is 0 Å². The molecule has 0 aliphatic carbocycles. The molecule has 2 N–H and O–H groups in total. The predicted octanol–water partition coefficient (Wildman–Crippen LogP) is 1.31. The molecular weight excluding hydrogens is 280 g/mol. The van der Waals surface area contributed by atoms with E-state index in [0.29, 0.717) is 5.69 Å². The van der Waals surface area contributed by atoms with Crippen LogP contribution in [0.1, 0.15) is 24.3 Å². The number of imide groups is 1. The van der Waals surface area contributed by atoms with Crippen LogP contribution >= 0.6 is 0 Å². The van der Waals surface area contributed by atoms with E-state index in [-0.39, 0.29) is 30.6 Å². The van der Waals surface area contributed by atoms with Gasteiger partial charge in [-0.2, -0.15) is 0 Å². The number of hydrogen-bond donors (Lipinski definition) is 2. The lowest BCUT2D eigenvalue weighted by molar-refractivity contribution is -0.133. The largest absolute Gasteiger partial charge is 0.589 e. The third kappa shape index (κ3) is 3.52. The van der Waals surface area contributed by atoms with Gasteiger partial charge in [-0.25, -0.2) is 4.72 Å². The van der Waals surface area contributed by atoms with Crippen LogP contribution in [0.4, 0.5) is 5.69 Å². The third-order valence-corrected chi connectivity index (χ3v) is 3.96. The van der Waals surface area contributed by atoms with E-state index in [1.54, 1.807) is 24.3 Å². The molecule has 2 amide bonds. The molecule has 2 rings (SSSR count). The molecule has 1 unspecified atom stereocenters. The van der Waals surface area contributed by atoms with E-state index in [1.165, 1.54) is 0 Å². The number of rotatable bonds is 4. The maximum absolute atomic E-state index is 11.3. The highest BCUT2D eigenvalue weighted by atomic mass is 32.3. The van der Waals surface area contributed by atoms with Gasteiger partial charge in [0.1, 0.15) is 5.41 Å². The van der Waals surface area contributed by atoms with Crippen LogP contribution < -0.4 is 10.0 Å². The first-order valence-electron chi connectivity index (χ1n) is 5.97. The SMILES string of the molecule is C=C[S+](=O)([O-])Nc1ccc(C2CC(=O)NC(=O)C2)cc1. The van der Waals surface area contributed by atoms with Crippen molar-refractivity contribution in [1.82, 2.24) is 5.32 Å². The molecule has 1 aromatic carbocycles. The molecule has 1 aromatic rings. The summed E-state index contributed by atoms with van der Waals surface area (Å²) in [5.74, 6) is -0.744. The number of carbonyl (C=O) groups is 2. The van der Waals surface area contributed by atoms with Gasteiger partial charge < -0.3 is 4.55 Å². The molecule has 7 heteroatoms. The van der Waals surface area contributed by atoms with Gasteiger partial charge in [-0.3, -0.25) is 14.9 Å². The summed E-state index contributed by atoms with van der Waals surface area (Å²) in [7, 11) is -3.53. The quantitative estimate of drug-likeness (QED) is 0.646. The lowest BCUT2D eigenvalue weighted by Gasteiger charge is -2.21. The van der Waals surface area contributed by atoms with Crippen molar-refractivity contribution in [1.29, 1.82) is 0 Å². The standard InChI is InChI=1S/C13H14N2O4S/c1-2-20(18,19)15-11-5-3-9(4-6-11)10-7-12(16)14-13(17)8-10/h2-6,10H,1,7-8H2,(H2-,14,15,16,17,18,19). The zero-order valence-corrected chi connectivity index (χ0v) is 11.4. The van der Waals surface area contributed by atoms with Gasteiger partial charge in [-0.1, -0.05) is 16.3 Å². The fourth-order valence-electron chi connectivity index (χ4n) is 2.04. The Morgan fingerprint density at radius 2 is 1.80 bits per heavy atom. The van der Waals surface area contributed by atoms with Gasteiger partial charge in [0.25, 0.3) is 0 Å². The maximum atomic E-state index is 11.3. The third-order valence-electron chi connectivity index (χ3n) is 3.00. The number of piperidine rings is 1. The summed E-state index contributed by atoms with van der Waals surface area (Å²) < 4.78 is 25.0. The van der Waals surface area contributed by atoms with Gasteiger partial charge in [0.05, 0.1) is 5.69 Å². The Balaban J connectivity index is 2.12. The number of benzene rings is 1. The first-order chi connectivity index (χ1) is 9.39. The molecule has 0 aromatic heterocycles. The second kappa shape index (κ2) is 5.56. The van der Waals surface area contributed by atoms with Crippen LogP contribution in [0.5, 0.6) is 0 Å². The summed E-state index contributed by atoms with van der Waals surface area (Å²) in [5.41, 5.74) is 1.23. The molecule has 0 radical (unpaired) electrons. The highest BCUT2D eigenvalue weighted by Crippen LogP contribution is 2.27. The molecule has 20 heavy (non-hydrogen) atoms. The Bertz CT molecular complexity index is 581. The van der Waals surface area contributed by atoms with Crippen LogP contribution in [0.25, 0.3) is 0 Å². The van der Waals surface area contributed by atoms with Gasteiger partial charge in [0.2, 0.25) is 11.8 Å². The fourth-order valence-corrected chi connectivity index (χ4v) is 2.59. The van der Waals surface area contributed by atoms with Crippen molar-refractivity contribution in [2.75, 3.05) is 4.72 Å². The van der Waals surface area contributed by atoms with Crippen LogP contribution in [-0.4, -0.2) is 16.4 Å². The highest BCUT2D eigenvalue weighted by molar-refractivity contribution is 8.01. The van der Waals surface area contributed by atoms with E-state index in [4.69, 9.17) is 0 Å².